The normalized spacial score (nSPS) is 14.2. The Morgan fingerprint density at radius 3 is 1.95 bits per heavy atom. The number of carbonyl (C=O) groups is 1. The molecule has 0 saturated heterocycles. The van der Waals surface area contributed by atoms with Gasteiger partial charge in [-0.1, -0.05) is 39.5 Å². The zero-order valence-corrected chi connectivity index (χ0v) is 12.8. The lowest BCUT2D eigenvalue weighted by Crippen LogP contribution is -2.42. The van der Waals surface area contributed by atoms with Crippen LogP contribution in [-0.2, 0) is 14.3 Å². The molecule has 5 heteroatoms. The predicted molar refractivity (Wildman–Crippen MR) is 77.7 cm³/mol. The number of aliphatic hydroxyl groups excluding tert-OH is 2. The predicted octanol–water partition coefficient (Wildman–Crippen LogP) is 1.69. The topological polar surface area (TPSA) is 76.0 Å². The monoisotopic (exact) mass is 290 g/mol. The fourth-order valence-corrected chi connectivity index (χ4v) is 1.88. The van der Waals surface area contributed by atoms with E-state index in [0.29, 0.717) is 13.2 Å². The van der Waals surface area contributed by atoms with E-state index in [1.54, 1.807) is 0 Å². The van der Waals surface area contributed by atoms with Crippen molar-refractivity contribution in [3.63, 3.8) is 0 Å². The second-order valence-electron chi connectivity index (χ2n) is 4.92. The van der Waals surface area contributed by atoms with E-state index in [-0.39, 0.29) is 6.61 Å². The van der Waals surface area contributed by atoms with Gasteiger partial charge in [-0.3, -0.25) is 4.79 Å². The summed E-state index contributed by atoms with van der Waals surface area (Å²) in [6, 6.07) is 0. The molecule has 0 amide bonds. The maximum atomic E-state index is 11.7. The zero-order valence-electron chi connectivity index (χ0n) is 12.8. The third kappa shape index (κ3) is 8.64. The molecule has 20 heavy (non-hydrogen) atoms. The van der Waals surface area contributed by atoms with E-state index in [2.05, 4.69) is 13.8 Å². The van der Waals surface area contributed by atoms with Crippen molar-refractivity contribution in [3.8, 4) is 0 Å². The number of carbonyl (C=O) groups excluding carboxylic acids is 1. The van der Waals surface area contributed by atoms with Gasteiger partial charge in [0.1, 0.15) is 18.8 Å². The second kappa shape index (κ2) is 13.5. The molecule has 0 fully saturated rings. The Labute approximate surface area is 122 Å². The minimum Gasteiger partial charge on any atom is -0.394 e. The molecule has 0 heterocycles. The van der Waals surface area contributed by atoms with Crippen molar-refractivity contribution in [2.24, 2.45) is 0 Å². The van der Waals surface area contributed by atoms with Gasteiger partial charge in [0, 0.05) is 13.2 Å². The molecule has 5 nitrogen and oxygen atoms in total. The molecule has 0 aliphatic carbocycles. The fraction of sp³-hybridized carbons (Fsp3) is 0.933. The zero-order chi connectivity index (χ0) is 15.2. The first-order chi connectivity index (χ1) is 9.71. The summed E-state index contributed by atoms with van der Waals surface area (Å²) in [4.78, 5) is 11.7. The Balaban J connectivity index is 4.26. The Morgan fingerprint density at radius 2 is 1.50 bits per heavy atom. The fourth-order valence-electron chi connectivity index (χ4n) is 1.88. The molecule has 0 aromatic heterocycles. The minimum absolute atomic E-state index is 0.281. The van der Waals surface area contributed by atoms with Crippen LogP contribution in [0.5, 0.6) is 0 Å². The second-order valence-corrected chi connectivity index (χ2v) is 4.92. The molecular formula is C15H30O5. The third-order valence-electron chi connectivity index (χ3n) is 3.12. The van der Waals surface area contributed by atoms with Gasteiger partial charge < -0.3 is 19.7 Å². The minimum atomic E-state index is -0.872. The molecule has 2 N–H and O–H groups in total. The number of aliphatic hydroxyl groups is 2. The van der Waals surface area contributed by atoms with Crippen molar-refractivity contribution in [1.82, 2.24) is 0 Å². The van der Waals surface area contributed by atoms with Gasteiger partial charge in [-0.15, -0.1) is 0 Å². The Kier molecular flexibility index (Phi) is 13.2. The number of hydrogen-bond donors (Lipinski definition) is 2. The summed E-state index contributed by atoms with van der Waals surface area (Å²) in [7, 11) is 0. The van der Waals surface area contributed by atoms with Crippen molar-refractivity contribution in [2.45, 2.75) is 64.6 Å². The van der Waals surface area contributed by atoms with Crippen LogP contribution in [0.15, 0.2) is 0 Å². The van der Waals surface area contributed by atoms with Crippen molar-refractivity contribution in [3.05, 3.63) is 0 Å². The van der Waals surface area contributed by atoms with Gasteiger partial charge in [0.15, 0.2) is 5.78 Å². The first kappa shape index (κ1) is 19.5. The highest BCUT2D eigenvalue weighted by molar-refractivity contribution is 5.84. The molecule has 0 aliphatic heterocycles. The van der Waals surface area contributed by atoms with Gasteiger partial charge in [0.2, 0.25) is 0 Å². The van der Waals surface area contributed by atoms with E-state index >= 15 is 0 Å². The number of unbranched alkanes of at least 4 members (excludes halogenated alkanes) is 4. The van der Waals surface area contributed by atoms with E-state index < -0.39 is 24.6 Å². The van der Waals surface area contributed by atoms with Crippen molar-refractivity contribution >= 4 is 5.78 Å². The molecule has 0 rings (SSSR count). The summed E-state index contributed by atoms with van der Waals surface area (Å²) in [5.74, 6) is -0.434. The van der Waals surface area contributed by atoms with Gasteiger partial charge in [0.05, 0.1) is 6.61 Å². The molecule has 0 radical (unpaired) electrons. The van der Waals surface area contributed by atoms with Crippen LogP contribution < -0.4 is 0 Å². The van der Waals surface area contributed by atoms with E-state index in [9.17, 15) is 9.90 Å². The van der Waals surface area contributed by atoms with Crippen LogP contribution in [0.2, 0.25) is 0 Å². The first-order valence-electron chi connectivity index (χ1n) is 7.68. The molecule has 0 aliphatic rings. The lowest BCUT2D eigenvalue weighted by atomic mass is 10.1. The third-order valence-corrected chi connectivity index (χ3v) is 3.12. The van der Waals surface area contributed by atoms with Crippen LogP contribution in [0.25, 0.3) is 0 Å². The van der Waals surface area contributed by atoms with E-state index in [0.717, 1.165) is 38.5 Å². The highest BCUT2D eigenvalue weighted by Crippen LogP contribution is 2.09. The Morgan fingerprint density at radius 1 is 0.950 bits per heavy atom. The van der Waals surface area contributed by atoms with Crippen molar-refractivity contribution < 1.29 is 24.5 Å². The number of ether oxygens (including phenoxy) is 2. The molecule has 0 bridgehead atoms. The number of rotatable bonds is 14. The summed E-state index contributed by atoms with van der Waals surface area (Å²) in [5, 5.41) is 18.4. The molecule has 2 unspecified atom stereocenters. The van der Waals surface area contributed by atoms with Crippen LogP contribution in [0, 0.1) is 0 Å². The standard InChI is InChI=1S/C15H30O5/c1-3-5-7-9-19-14(12-17)15(13(18)11-16)20-10-8-6-4-2/h14-17H,3-12H2,1-2H3. The van der Waals surface area contributed by atoms with Crippen LogP contribution in [0.1, 0.15) is 52.4 Å². The Bertz CT molecular complexity index is 232. The van der Waals surface area contributed by atoms with Gasteiger partial charge in [-0.05, 0) is 12.8 Å². The quantitative estimate of drug-likeness (QED) is 0.476. The highest BCUT2D eigenvalue weighted by atomic mass is 16.5. The molecule has 0 aromatic rings. The maximum Gasteiger partial charge on any atom is 0.189 e. The molecule has 0 aromatic carbocycles. The lowest BCUT2D eigenvalue weighted by molar-refractivity contribution is -0.149. The van der Waals surface area contributed by atoms with Gasteiger partial charge >= 0.3 is 0 Å². The molecule has 2 atom stereocenters. The number of Topliss-reactive ketones (excluding diaryl/α,β-unsaturated/α-hetero) is 1. The largest absolute Gasteiger partial charge is 0.394 e. The van der Waals surface area contributed by atoms with Crippen LogP contribution in [-0.4, -0.2) is 54.6 Å². The summed E-state index contributed by atoms with van der Waals surface area (Å²) in [5.41, 5.74) is 0. The van der Waals surface area contributed by atoms with Crippen molar-refractivity contribution in [1.29, 1.82) is 0 Å². The molecule has 0 saturated carbocycles. The molecule has 120 valence electrons. The van der Waals surface area contributed by atoms with E-state index in [1.807, 2.05) is 0 Å². The molecule has 0 spiro atoms. The van der Waals surface area contributed by atoms with E-state index in [4.69, 9.17) is 14.6 Å². The van der Waals surface area contributed by atoms with E-state index in [1.165, 1.54) is 0 Å². The summed E-state index contributed by atoms with van der Waals surface area (Å²) in [6.45, 7) is 4.25. The summed E-state index contributed by atoms with van der Waals surface area (Å²) < 4.78 is 11.0. The lowest BCUT2D eigenvalue weighted by Gasteiger charge is -2.24. The average Bonchev–Trinajstić information content (AvgIpc) is 2.48. The van der Waals surface area contributed by atoms with Gasteiger partial charge in [0.25, 0.3) is 0 Å². The van der Waals surface area contributed by atoms with Gasteiger partial charge in [-0.2, -0.15) is 0 Å². The van der Waals surface area contributed by atoms with Crippen LogP contribution >= 0.6 is 0 Å². The Hall–Kier alpha value is -0.490. The average molecular weight is 290 g/mol. The number of hydrogen-bond acceptors (Lipinski definition) is 5. The SMILES string of the molecule is CCCCCOC(CO)C(OCCCCC)C(=O)CO. The highest BCUT2D eigenvalue weighted by Gasteiger charge is 2.28. The molecular weight excluding hydrogens is 260 g/mol. The van der Waals surface area contributed by atoms with Gasteiger partial charge in [-0.25, -0.2) is 0 Å². The van der Waals surface area contributed by atoms with Crippen LogP contribution in [0.3, 0.4) is 0 Å². The number of ketones is 1. The summed E-state index contributed by atoms with van der Waals surface area (Å²) >= 11 is 0. The smallest absolute Gasteiger partial charge is 0.189 e. The van der Waals surface area contributed by atoms with Crippen molar-refractivity contribution in [2.75, 3.05) is 26.4 Å². The van der Waals surface area contributed by atoms with Crippen LogP contribution in [0.4, 0.5) is 0 Å². The summed E-state index contributed by atoms with van der Waals surface area (Å²) in [6.07, 6.45) is 4.42. The first-order valence-corrected chi connectivity index (χ1v) is 7.68. The maximum absolute atomic E-state index is 11.7.